The molecular formula is C10H19O2. The van der Waals surface area contributed by atoms with Crippen LogP contribution in [0.1, 0.15) is 47.0 Å². The number of rotatable bonds is 6. The summed E-state index contributed by atoms with van der Waals surface area (Å²) in [5.41, 5.74) is 0.261. The first-order chi connectivity index (χ1) is 5.55. The summed E-state index contributed by atoms with van der Waals surface area (Å²) in [4.78, 5) is 10.0. The van der Waals surface area contributed by atoms with E-state index >= 15 is 0 Å². The van der Waals surface area contributed by atoms with E-state index in [1.165, 1.54) is 6.47 Å². The quantitative estimate of drug-likeness (QED) is 0.614. The molecule has 0 saturated carbocycles. The molecule has 0 spiro atoms. The second kappa shape index (κ2) is 5.18. The summed E-state index contributed by atoms with van der Waals surface area (Å²) in [7, 11) is 0. The summed E-state index contributed by atoms with van der Waals surface area (Å²) in [6.45, 7) is 10.1. The van der Waals surface area contributed by atoms with Crippen molar-refractivity contribution in [2.45, 2.75) is 53.1 Å². The molecule has 1 unspecified atom stereocenters. The Morgan fingerprint density at radius 1 is 1.42 bits per heavy atom. The Kier molecular flexibility index (Phi) is 4.95. The van der Waals surface area contributed by atoms with E-state index in [0.717, 1.165) is 19.3 Å². The van der Waals surface area contributed by atoms with E-state index in [4.69, 9.17) is 4.74 Å². The highest BCUT2D eigenvalue weighted by molar-refractivity contribution is 5.38. The molecule has 0 aromatic rings. The molecule has 0 bridgehead atoms. The summed E-state index contributed by atoms with van der Waals surface area (Å²) in [6.07, 6.45) is 2.94. The zero-order valence-electron chi connectivity index (χ0n) is 8.52. The standard InChI is InChI=1S/C10H19O2/c1-5-9(12-8-11)7-10(3,4)6-2/h9H,5-7H2,1-4H3. The molecule has 1 atom stereocenters. The zero-order valence-corrected chi connectivity index (χ0v) is 8.52. The van der Waals surface area contributed by atoms with Gasteiger partial charge in [0.05, 0.1) is 0 Å². The van der Waals surface area contributed by atoms with Crippen LogP contribution in [0.25, 0.3) is 0 Å². The van der Waals surface area contributed by atoms with E-state index in [1.54, 1.807) is 0 Å². The first-order valence-electron chi connectivity index (χ1n) is 4.58. The third-order valence-electron chi connectivity index (χ3n) is 2.41. The molecule has 71 valence electrons. The fourth-order valence-corrected chi connectivity index (χ4v) is 1.10. The fourth-order valence-electron chi connectivity index (χ4n) is 1.10. The van der Waals surface area contributed by atoms with Crippen LogP contribution >= 0.6 is 0 Å². The minimum absolute atomic E-state index is 0.0393. The van der Waals surface area contributed by atoms with Crippen LogP contribution in [0.3, 0.4) is 0 Å². The van der Waals surface area contributed by atoms with Gasteiger partial charge in [0.1, 0.15) is 6.10 Å². The average molecular weight is 171 g/mol. The van der Waals surface area contributed by atoms with E-state index in [9.17, 15) is 4.79 Å². The normalized spacial score (nSPS) is 14.0. The predicted octanol–water partition coefficient (Wildman–Crippen LogP) is 2.68. The predicted molar refractivity (Wildman–Crippen MR) is 49.5 cm³/mol. The van der Waals surface area contributed by atoms with E-state index < -0.39 is 0 Å². The van der Waals surface area contributed by atoms with E-state index in [0.29, 0.717) is 0 Å². The molecule has 0 fully saturated rings. The lowest BCUT2D eigenvalue weighted by Crippen LogP contribution is -2.21. The lowest BCUT2D eigenvalue weighted by molar-refractivity contribution is 0.114. The molecule has 0 saturated heterocycles. The summed E-state index contributed by atoms with van der Waals surface area (Å²) in [5.74, 6) is 0. The lowest BCUT2D eigenvalue weighted by Gasteiger charge is -2.26. The first kappa shape index (κ1) is 11.5. The Hall–Kier alpha value is -0.530. The maximum Gasteiger partial charge on any atom is 0.417 e. The summed E-state index contributed by atoms with van der Waals surface area (Å²) < 4.78 is 4.82. The van der Waals surface area contributed by atoms with Gasteiger partial charge >= 0.3 is 6.47 Å². The van der Waals surface area contributed by atoms with Crippen LogP contribution in [0, 0.1) is 5.41 Å². The van der Waals surface area contributed by atoms with Gasteiger partial charge in [-0.2, -0.15) is 0 Å². The van der Waals surface area contributed by atoms with Crippen LogP contribution in [0.15, 0.2) is 0 Å². The average Bonchev–Trinajstić information content (AvgIpc) is 2.03. The summed E-state index contributed by atoms with van der Waals surface area (Å²) >= 11 is 0. The maximum absolute atomic E-state index is 10.0. The molecule has 0 aliphatic rings. The van der Waals surface area contributed by atoms with E-state index in [2.05, 4.69) is 20.8 Å². The number of ether oxygens (including phenoxy) is 1. The topological polar surface area (TPSA) is 26.3 Å². The smallest absolute Gasteiger partial charge is 0.417 e. The van der Waals surface area contributed by atoms with Crippen LogP contribution < -0.4 is 0 Å². The Balaban J connectivity index is 3.91. The minimum Gasteiger partial charge on any atom is -0.454 e. The molecule has 1 radical (unpaired) electrons. The molecular weight excluding hydrogens is 152 g/mol. The third kappa shape index (κ3) is 4.37. The van der Waals surface area contributed by atoms with Gasteiger partial charge in [0.25, 0.3) is 0 Å². The zero-order chi connectivity index (χ0) is 9.61. The van der Waals surface area contributed by atoms with Crippen LogP contribution in [-0.4, -0.2) is 12.6 Å². The van der Waals surface area contributed by atoms with Gasteiger partial charge in [0.2, 0.25) is 0 Å². The maximum atomic E-state index is 10.0. The van der Waals surface area contributed by atoms with Crippen molar-refractivity contribution >= 4 is 6.47 Å². The van der Waals surface area contributed by atoms with Crippen LogP contribution in [0.5, 0.6) is 0 Å². The van der Waals surface area contributed by atoms with Crippen molar-refractivity contribution in [3.8, 4) is 0 Å². The van der Waals surface area contributed by atoms with Gasteiger partial charge in [-0.1, -0.05) is 34.1 Å². The van der Waals surface area contributed by atoms with Gasteiger partial charge < -0.3 is 4.74 Å². The van der Waals surface area contributed by atoms with Gasteiger partial charge in [-0.3, -0.25) is 0 Å². The van der Waals surface area contributed by atoms with E-state index in [-0.39, 0.29) is 11.5 Å². The molecule has 0 N–H and O–H groups in total. The van der Waals surface area contributed by atoms with Crippen molar-refractivity contribution in [1.82, 2.24) is 0 Å². The molecule has 0 aromatic carbocycles. The Labute approximate surface area is 75.3 Å². The van der Waals surface area contributed by atoms with Crippen LogP contribution in [0.2, 0.25) is 0 Å². The van der Waals surface area contributed by atoms with Gasteiger partial charge in [-0.15, -0.1) is 0 Å². The monoisotopic (exact) mass is 171 g/mol. The molecule has 0 amide bonds. The summed E-state index contributed by atoms with van der Waals surface area (Å²) in [6, 6.07) is 0. The van der Waals surface area contributed by atoms with Crippen molar-refractivity contribution in [2.24, 2.45) is 5.41 Å². The third-order valence-corrected chi connectivity index (χ3v) is 2.41. The summed E-state index contributed by atoms with van der Waals surface area (Å²) in [5, 5.41) is 0. The van der Waals surface area contributed by atoms with Crippen molar-refractivity contribution in [2.75, 3.05) is 0 Å². The largest absolute Gasteiger partial charge is 0.454 e. The van der Waals surface area contributed by atoms with Crippen LogP contribution in [-0.2, 0) is 9.53 Å². The highest BCUT2D eigenvalue weighted by Gasteiger charge is 2.21. The van der Waals surface area contributed by atoms with E-state index in [1.807, 2.05) is 6.92 Å². The number of carbonyl (C=O) groups excluding carboxylic acids is 1. The Morgan fingerprint density at radius 2 is 2.00 bits per heavy atom. The molecule has 0 heterocycles. The highest BCUT2D eigenvalue weighted by Crippen LogP contribution is 2.27. The lowest BCUT2D eigenvalue weighted by atomic mass is 9.83. The second-order valence-corrected chi connectivity index (χ2v) is 3.95. The van der Waals surface area contributed by atoms with Crippen LogP contribution in [0.4, 0.5) is 0 Å². The first-order valence-corrected chi connectivity index (χ1v) is 4.58. The molecule has 12 heavy (non-hydrogen) atoms. The molecule has 2 nitrogen and oxygen atoms in total. The van der Waals surface area contributed by atoms with Gasteiger partial charge in [-0.05, 0) is 18.3 Å². The molecule has 0 aromatic heterocycles. The number of hydrogen-bond donors (Lipinski definition) is 0. The van der Waals surface area contributed by atoms with Crippen molar-refractivity contribution in [3.05, 3.63) is 0 Å². The van der Waals surface area contributed by atoms with Crippen molar-refractivity contribution in [3.63, 3.8) is 0 Å². The molecule has 0 aliphatic heterocycles. The fraction of sp³-hybridized carbons (Fsp3) is 0.900. The number of hydrogen-bond acceptors (Lipinski definition) is 2. The molecule has 2 heteroatoms. The minimum atomic E-state index is 0.0393. The van der Waals surface area contributed by atoms with Gasteiger partial charge in [0.15, 0.2) is 0 Å². The van der Waals surface area contributed by atoms with Gasteiger partial charge in [-0.25, -0.2) is 4.79 Å². The van der Waals surface area contributed by atoms with Crippen molar-refractivity contribution < 1.29 is 9.53 Å². The molecule has 0 aliphatic carbocycles. The second-order valence-electron chi connectivity index (χ2n) is 3.95. The SMILES string of the molecule is CCC(CC(C)(C)CC)O[C]=O. The highest BCUT2D eigenvalue weighted by atomic mass is 16.5. The van der Waals surface area contributed by atoms with Gasteiger partial charge in [0, 0.05) is 0 Å². The molecule has 0 rings (SSSR count). The Bertz CT molecular complexity index is 130. The van der Waals surface area contributed by atoms with Crippen molar-refractivity contribution in [1.29, 1.82) is 0 Å². The Morgan fingerprint density at radius 3 is 2.33 bits per heavy atom.